The molecule has 0 saturated heterocycles. The molecule has 0 atom stereocenters. The highest BCUT2D eigenvalue weighted by molar-refractivity contribution is 6.44. The van der Waals surface area contributed by atoms with E-state index in [-0.39, 0.29) is 39.8 Å². The molecule has 1 aromatic rings. The topological polar surface area (TPSA) is 111 Å². The van der Waals surface area contributed by atoms with E-state index < -0.39 is 16.6 Å². The first-order valence-corrected chi connectivity index (χ1v) is 9.06. The standard InChI is InChI=1S/C20H26N4O4/c1-19(2,3)15-11(17(27)23(7)21-15)9-13(25)10(14(9)26)12-16(20(4,5)6)22-24(8)18(12)28/h1-8H3,(H2,21,22,25,26,27,28)/p+1. The van der Waals surface area contributed by atoms with Gasteiger partial charge in [-0.2, -0.15) is 5.10 Å². The summed E-state index contributed by atoms with van der Waals surface area (Å²) < 4.78 is 2.56. The Bertz CT molecular complexity index is 1040. The maximum absolute atomic E-state index is 13.1. The molecule has 0 radical (unpaired) electrons. The molecule has 3 N–H and O–H groups in total. The lowest BCUT2D eigenvalue weighted by molar-refractivity contribution is -0.506. The molecule has 150 valence electrons. The number of nitrogens with zero attached hydrogens (tertiary/aromatic N) is 4. The van der Waals surface area contributed by atoms with E-state index in [2.05, 4.69) is 10.2 Å². The fraction of sp³-hybridized carbons (Fsp3) is 0.500. The Hall–Kier alpha value is -2.90. The van der Waals surface area contributed by atoms with Crippen LogP contribution in [0, 0.1) is 5.41 Å². The highest BCUT2D eigenvalue weighted by atomic mass is 16.3. The number of hydrazone groups is 1. The molecule has 2 aliphatic rings. The fourth-order valence-corrected chi connectivity index (χ4v) is 3.41. The number of hydrogen-bond acceptors (Lipinski definition) is 5. The Morgan fingerprint density at radius 3 is 1.96 bits per heavy atom. The van der Waals surface area contributed by atoms with Crippen molar-refractivity contribution in [3.63, 3.8) is 0 Å². The van der Waals surface area contributed by atoms with Crippen LogP contribution in [0.1, 0.15) is 52.8 Å². The molecule has 0 spiro atoms. The Morgan fingerprint density at radius 1 is 0.929 bits per heavy atom. The summed E-state index contributed by atoms with van der Waals surface area (Å²) in [6.07, 6.45) is 0. The van der Waals surface area contributed by atoms with Gasteiger partial charge in [-0.3, -0.25) is 4.79 Å². The van der Waals surface area contributed by atoms with Gasteiger partial charge in [0.25, 0.3) is 0 Å². The van der Waals surface area contributed by atoms with Crippen LogP contribution in [0.2, 0.25) is 0 Å². The first kappa shape index (κ1) is 19.9. The number of aryl methyl sites for hydroxylation is 1. The van der Waals surface area contributed by atoms with Crippen molar-refractivity contribution in [3.8, 4) is 5.88 Å². The highest BCUT2D eigenvalue weighted by Gasteiger charge is 2.49. The van der Waals surface area contributed by atoms with Gasteiger partial charge in [-0.05, 0) is 5.10 Å². The molecule has 0 fully saturated rings. The van der Waals surface area contributed by atoms with Crippen molar-refractivity contribution in [2.75, 3.05) is 7.05 Å². The maximum atomic E-state index is 13.1. The Labute approximate surface area is 163 Å². The Morgan fingerprint density at radius 2 is 1.50 bits per heavy atom. The molecule has 0 amide bonds. The van der Waals surface area contributed by atoms with E-state index in [9.17, 15) is 20.1 Å². The third-order valence-corrected chi connectivity index (χ3v) is 4.88. The minimum Gasteiger partial charge on any atom is -0.506 e. The summed E-state index contributed by atoms with van der Waals surface area (Å²) in [5.41, 5.74) is 0.571. The van der Waals surface area contributed by atoms with Crippen molar-refractivity contribution < 1.29 is 24.8 Å². The molecule has 0 unspecified atom stereocenters. The maximum Gasteiger partial charge on any atom is 0.401 e. The van der Waals surface area contributed by atoms with Crippen LogP contribution >= 0.6 is 0 Å². The number of carbonyl (C=O) groups excluding carboxylic acids is 1. The second-order valence-corrected chi connectivity index (χ2v) is 9.27. The number of carbonyl (C=O) groups is 1. The molecule has 1 aliphatic heterocycles. The summed E-state index contributed by atoms with van der Waals surface area (Å²) in [5, 5.41) is 40.4. The molecule has 8 heteroatoms. The van der Waals surface area contributed by atoms with Gasteiger partial charge in [0.1, 0.15) is 17.0 Å². The van der Waals surface area contributed by atoms with E-state index in [0.717, 1.165) is 0 Å². The van der Waals surface area contributed by atoms with Crippen molar-refractivity contribution in [1.29, 1.82) is 0 Å². The van der Waals surface area contributed by atoms with Crippen molar-refractivity contribution in [2.45, 2.75) is 47.0 Å². The normalized spacial score (nSPS) is 20.9. The zero-order valence-electron chi connectivity index (χ0n) is 17.5. The number of allylic oxidation sites excluding steroid dienone is 2. The highest BCUT2D eigenvalue weighted by Crippen LogP contribution is 2.46. The summed E-state index contributed by atoms with van der Waals surface area (Å²) in [5.74, 6) is -1.11. The lowest BCUT2D eigenvalue weighted by Crippen LogP contribution is -2.32. The van der Waals surface area contributed by atoms with E-state index in [1.165, 1.54) is 9.37 Å². The van der Waals surface area contributed by atoms with E-state index in [4.69, 9.17) is 0 Å². The van der Waals surface area contributed by atoms with E-state index >= 15 is 0 Å². The second-order valence-electron chi connectivity index (χ2n) is 9.27. The van der Waals surface area contributed by atoms with Gasteiger partial charge in [0.2, 0.25) is 11.7 Å². The van der Waals surface area contributed by atoms with Crippen LogP contribution in [-0.4, -0.2) is 54.2 Å². The Kier molecular flexibility index (Phi) is 4.11. The number of aliphatic hydroxyl groups is 2. The summed E-state index contributed by atoms with van der Waals surface area (Å²) in [6.45, 7) is 11.5. The number of ketones is 1. The van der Waals surface area contributed by atoms with E-state index in [1.54, 1.807) is 14.1 Å². The zero-order chi connectivity index (χ0) is 21.3. The zero-order valence-corrected chi connectivity index (χ0v) is 17.5. The molecule has 3 rings (SSSR count). The largest absolute Gasteiger partial charge is 0.506 e. The van der Waals surface area contributed by atoms with Gasteiger partial charge in [-0.1, -0.05) is 46.2 Å². The minimum absolute atomic E-state index is 0.00800. The predicted octanol–water partition coefficient (Wildman–Crippen LogP) is 2.59. The van der Waals surface area contributed by atoms with E-state index in [1.807, 2.05) is 41.5 Å². The molecule has 1 aliphatic carbocycles. The minimum atomic E-state index is -0.458. The van der Waals surface area contributed by atoms with Crippen LogP contribution in [0.5, 0.6) is 5.88 Å². The quantitative estimate of drug-likeness (QED) is 0.507. The smallest absolute Gasteiger partial charge is 0.401 e. The van der Waals surface area contributed by atoms with Gasteiger partial charge in [0.05, 0.1) is 22.4 Å². The number of aromatic nitrogens is 2. The third-order valence-electron chi connectivity index (χ3n) is 4.88. The third kappa shape index (κ3) is 2.66. The molecule has 1 aromatic heterocycles. The lowest BCUT2D eigenvalue weighted by atomic mass is 9.74. The summed E-state index contributed by atoms with van der Waals surface area (Å²) in [4.78, 5) is 13.1. The lowest BCUT2D eigenvalue weighted by Gasteiger charge is -2.26. The van der Waals surface area contributed by atoms with Gasteiger partial charge < -0.3 is 15.3 Å². The summed E-state index contributed by atoms with van der Waals surface area (Å²) >= 11 is 0. The van der Waals surface area contributed by atoms with Crippen LogP contribution in [-0.2, 0) is 17.3 Å². The van der Waals surface area contributed by atoms with Crippen molar-refractivity contribution in [1.82, 2.24) is 9.78 Å². The first-order chi connectivity index (χ1) is 12.7. The number of Topliss-reactive ketones (excluding diaryl/α,β-unsaturated/α-hetero) is 1. The number of rotatable bonds is 1. The van der Waals surface area contributed by atoms with E-state index in [0.29, 0.717) is 11.4 Å². The van der Waals surface area contributed by atoms with Crippen LogP contribution in [0.25, 0.3) is 5.57 Å². The van der Waals surface area contributed by atoms with Gasteiger partial charge in [0, 0.05) is 17.9 Å². The average molecular weight is 387 g/mol. The SMILES string of the molecule is Cn1nc(C(C)(C)C)c(C2=C(O)/C(=C3\C(C(C)(C)C)=N[N+](C)=C3O)C2=O)c1O. The predicted molar refractivity (Wildman–Crippen MR) is 106 cm³/mol. The van der Waals surface area contributed by atoms with Crippen molar-refractivity contribution in [3.05, 3.63) is 28.2 Å². The van der Waals surface area contributed by atoms with Gasteiger partial charge in [-0.25, -0.2) is 4.68 Å². The molecule has 0 bridgehead atoms. The molecule has 2 heterocycles. The molecule has 8 nitrogen and oxygen atoms in total. The first-order valence-electron chi connectivity index (χ1n) is 9.06. The number of aromatic hydroxyl groups is 1. The van der Waals surface area contributed by atoms with Crippen molar-refractivity contribution >= 4 is 23.0 Å². The average Bonchev–Trinajstić information content (AvgIpc) is 3.00. The molecular formula is C20H27N4O4+. The molecule has 28 heavy (non-hydrogen) atoms. The summed E-state index contributed by atoms with van der Waals surface area (Å²) in [6, 6.07) is 0. The number of hydrogen-bond donors (Lipinski definition) is 3. The van der Waals surface area contributed by atoms with Crippen LogP contribution in [0.4, 0.5) is 0 Å². The molecule has 0 aromatic carbocycles. The van der Waals surface area contributed by atoms with Gasteiger partial charge >= 0.3 is 5.90 Å². The molecular weight excluding hydrogens is 360 g/mol. The van der Waals surface area contributed by atoms with Crippen LogP contribution in [0.15, 0.2) is 22.0 Å². The second kappa shape index (κ2) is 5.80. The van der Waals surface area contributed by atoms with Crippen LogP contribution in [0.3, 0.4) is 0 Å². The van der Waals surface area contributed by atoms with Crippen molar-refractivity contribution in [2.24, 2.45) is 17.6 Å². The number of aliphatic hydroxyl groups excluding tert-OH is 2. The Balaban J connectivity index is 2.28. The molecule has 0 saturated carbocycles. The van der Waals surface area contributed by atoms with Gasteiger partial charge in [-0.15, -0.1) is 0 Å². The summed E-state index contributed by atoms with van der Waals surface area (Å²) in [7, 11) is 3.15. The van der Waals surface area contributed by atoms with Gasteiger partial charge in [0.15, 0.2) is 7.05 Å². The fourth-order valence-electron chi connectivity index (χ4n) is 3.41. The van der Waals surface area contributed by atoms with Crippen LogP contribution < -0.4 is 0 Å². The monoisotopic (exact) mass is 387 g/mol.